The Labute approximate surface area is 122 Å². The van der Waals surface area contributed by atoms with Gasteiger partial charge in [0.2, 0.25) is 0 Å². The molecule has 0 bridgehead atoms. The number of likely N-dealkylation sites (tertiary alicyclic amines) is 1. The molecule has 0 saturated carbocycles. The van der Waals surface area contributed by atoms with Gasteiger partial charge in [0.25, 0.3) is 5.91 Å². The van der Waals surface area contributed by atoms with E-state index < -0.39 is 0 Å². The Bertz CT molecular complexity index is 452. The van der Waals surface area contributed by atoms with Crippen LogP contribution in [0.4, 0.5) is 0 Å². The van der Waals surface area contributed by atoms with Gasteiger partial charge in [0, 0.05) is 19.6 Å². The first-order valence-electron chi connectivity index (χ1n) is 6.74. The SMILES string of the molecule is CCN1CCCC1CN(C)C(=O)c1cccc(Br)n1. The smallest absolute Gasteiger partial charge is 0.272 e. The first-order valence-corrected chi connectivity index (χ1v) is 7.53. The largest absolute Gasteiger partial charge is 0.339 e. The molecule has 0 aliphatic carbocycles. The van der Waals surface area contributed by atoms with Crippen LogP contribution in [-0.2, 0) is 0 Å². The van der Waals surface area contributed by atoms with Crippen molar-refractivity contribution in [2.45, 2.75) is 25.8 Å². The Hall–Kier alpha value is -0.940. The Morgan fingerprint density at radius 3 is 3.05 bits per heavy atom. The first-order chi connectivity index (χ1) is 9.11. The van der Waals surface area contributed by atoms with Crippen molar-refractivity contribution in [2.75, 3.05) is 26.7 Å². The molecule has 104 valence electrons. The van der Waals surface area contributed by atoms with Crippen LogP contribution < -0.4 is 0 Å². The topological polar surface area (TPSA) is 36.4 Å². The van der Waals surface area contributed by atoms with E-state index in [-0.39, 0.29) is 5.91 Å². The molecule has 2 heterocycles. The molecule has 1 aromatic heterocycles. The van der Waals surface area contributed by atoms with Crippen molar-refractivity contribution in [1.82, 2.24) is 14.8 Å². The highest BCUT2D eigenvalue weighted by Crippen LogP contribution is 2.18. The molecule has 0 spiro atoms. The normalized spacial score (nSPS) is 19.6. The number of halogens is 1. The number of pyridine rings is 1. The minimum absolute atomic E-state index is 0.00995. The van der Waals surface area contributed by atoms with E-state index in [1.165, 1.54) is 12.8 Å². The number of nitrogens with zero attached hydrogens (tertiary/aromatic N) is 3. The van der Waals surface area contributed by atoms with Crippen molar-refractivity contribution in [3.05, 3.63) is 28.5 Å². The van der Waals surface area contributed by atoms with E-state index in [1.807, 2.05) is 19.2 Å². The number of rotatable bonds is 4. The molecule has 19 heavy (non-hydrogen) atoms. The lowest BCUT2D eigenvalue weighted by Crippen LogP contribution is -2.41. The average molecular weight is 326 g/mol. The van der Waals surface area contributed by atoms with Gasteiger partial charge >= 0.3 is 0 Å². The summed E-state index contributed by atoms with van der Waals surface area (Å²) in [5.41, 5.74) is 0.498. The molecule has 0 radical (unpaired) electrons. The molecule has 1 aromatic rings. The molecule has 2 rings (SSSR count). The van der Waals surface area contributed by atoms with E-state index in [2.05, 4.69) is 32.7 Å². The van der Waals surface area contributed by atoms with E-state index in [4.69, 9.17) is 0 Å². The number of likely N-dealkylation sites (N-methyl/N-ethyl adjacent to an activating group) is 2. The third-order valence-electron chi connectivity index (χ3n) is 3.67. The number of carbonyl (C=O) groups excluding carboxylic acids is 1. The zero-order chi connectivity index (χ0) is 13.8. The van der Waals surface area contributed by atoms with Gasteiger partial charge < -0.3 is 4.90 Å². The number of hydrogen-bond acceptors (Lipinski definition) is 3. The van der Waals surface area contributed by atoms with E-state index in [0.717, 1.165) is 19.6 Å². The predicted octanol–water partition coefficient (Wildman–Crippen LogP) is 2.40. The van der Waals surface area contributed by atoms with E-state index in [1.54, 1.807) is 11.0 Å². The molecule has 0 aromatic carbocycles. The van der Waals surface area contributed by atoms with Crippen molar-refractivity contribution < 1.29 is 4.79 Å². The summed E-state index contributed by atoms with van der Waals surface area (Å²) in [7, 11) is 1.86. The third-order valence-corrected chi connectivity index (χ3v) is 4.11. The van der Waals surface area contributed by atoms with E-state index >= 15 is 0 Å². The van der Waals surface area contributed by atoms with E-state index in [0.29, 0.717) is 16.3 Å². The van der Waals surface area contributed by atoms with Gasteiger partial charge in [0.15, 0.2) is 0 Å². The van der Waals surface area contributed by atoms with Crippen molar-refractivity contribution in [1.29, 1.82) is 0 Å². The summed E-state index contributed by atoms with van der Waals surface area (Å²) in [5, 5.41) is 0. The Morgan fingerprint density at radius 2 is 2.37 bits per heavy atom. The highest BCUT2D eigenvalue weighted by Gasteiger charge is 2.26. The summed E-state index contributed by atoms with van der Waals surface area (Å²) in [5.74, 6) is -0.00995. The standard InChI is InChI=1S/C14H20BrN3O/c1-3-18-9-5-6-11(18)10-17(2)14(19)12-7-4-8-13(15)16-12/h4,7-8,11H,3,5-6,9-10H2,1-2H3. The third kappa shape index (κ3) is 3.54. The summed E-state index contributed by atoms with van der Waals surface area (Å²) >= 11 is 3.30. The van der Waals surface area contributed by atoms with Crippen molar-refractivity contribution in [3.63, 3.8) is 0 Å². The van der Waals surface area contributed by atoms with Crippen molar-refractivity contribution in [3.8, 4) is 0 Å². The molecule has 1 saturated heterocycles. The molecule has 1 atom stereocenters. The van der Waals surface area contributed by atoms with Crippen LogP contribution in [0.3, 0.4) is 0 Å². The maximum Gasteiger partial charge on any atom is 0.272 e. The summed E-state index contributed by atoms with van der Waals surface area (Å²) < 4.78 is 0.697. The van der Waals surface area contributed by atoms with Crippen LogP contribution in [0, 0.1) is 0 Å². The van der Waals surface area contributed by atoms with Crippen LogP contribution in [0.1, 0.15) is 30.3 Å². The molecule has 1 aliphatic rings. The summed E-state index contributed by atoms with van der Waals surface area (Å²) in [4.78, 5) is 20.8. The van der Waals surface area contributed by atoms with Crippen molar-refractivity contribution in [2.24, 2.45) is 0 Å². The van der Waals surface area contributed by atoms with E-state index in [9.17, 15) is 4.79 Å². The highest BCUT2D eigenvalue weighted by molar-refractivity contribution is 9.10. The summed E-state index contributed by atoms with van der Waals surface area (Å²) in [6.07, 6.45) is 2.41. The molecule has 1 aliphatic heterocycles. The fourth-order valence-corrected chi connectivity index (χ4v) is 2.98. The molecule has 1 amide bonds. The van der Waals surface area contributed by atoms with Gasteiger partial charge in [0.1, 0.15) is 10.3 Å². The van der Waals surface area contributed by atoms with Gasteiger partial charge in [0.05, 0.1) is 0 Å². The van der Waals surface area contributed by atoms with Gasteiger partial charge in [-0.2, -0.15) is 0 Å². The maximum atomic E-state index is 12.3. The molecule has 5 heteroatoms. The van der Waals surface area contributed by atoms with Gasteiger partial charge in [-0.1, -0.05) is 13.0 Å². The summed E-state index contributed by atoms with van der Waals surface area (Å²) in [6.45, 7) is 5.16. The van der Waals surface area contributed by atoms with Crippen LogP contribution in [0.2, 0.25) is 0 Å². The maximum absolute atomic E-state index is 12.3. The van der Waals surface area contributed by atoms with Gasteiger partial charge in [-0.3, -0.25) is 9.69 Å². The second-order valence-corrected chi connectivity index (χ2v) is 5.77. The van der Waals surface area contributed by atoms with Gasteiger partial charge in [-0.05, 0) is 54.0 Å². The van der Waals surface area contributed by atoms with Crippen LogP contribution in [0.25, 0.3) is 0 Å². The summed E-state index contributed by atoms with van der Waals surface area (Å²) in [6, 6.07) is 5.92. The fourth-order valence-electron chi connectivity index (χ4n) is 2.64. The van der Waals surface area contributed by atoms with Crippen molar-refractivity contribution >= 4 is 21.8 Å². The molecular formula is C14H20BrN3O. The Balaban J connectivity index is 1.99. The van der Waals surface area contributed by atoms with Gasteiger partial charge in [-0.15, -0.1) is 0 Å². The quantitative estimate of drug-likeness (QED) is 0.797. The van der Waals surface area contributed by atoms with Crippen LogP contribution in [0.15, 0.2) is 22.8 Å². The zero-order valence-electron chi connectivity index (χ0n) is 11.5. The molecule has 1 unspecified atom stereocenters. The van der Waals surface area contributed by atoms with Crippen LogP contribution in [-0.4, -0.2) is 53.4 Å². The second kappa shape index (κ2) is 6.48. The Kier molecular flexibility index (Phi) is 4.93. The number of carbonyl (C=O) groups is 1. The predicted molar refractivity (Wildman–Crippen MR) is 79.2 cm³/mol. The minimum Gasteiger partial charge on any atom is -0.339 e. The highest BCUT2D eigenvalue weighted by atomic mass is 79.9. The fraction of sp³-hybridized carbons (Fsp3) is 0.571. The molecule has 4 nitrogen and oxygen atoms in total. The lowest BCUT2D eigenvalue weighted by Gasteiger charge is -2.27. The molecule has 1 fully saturated rings. The first kappa shape index (κ1) is 14.5. The monoisotopic (exact) mass is 325 g/mol. The zero-order valence-corrected chi connectivity index (χ0v) is 13.1. The minimum atomic E-state index is -0.00995. The lowest BCUT2D eigenvalue weighted by atomic mass is 10.2. The number of hydrogen-bond donors (Lipinski definition) is 0. The average Bonchev–Trinajstić information content (AvgIpc) is 2.85. The number of aromatic nitrogens is 1. The van der Waals surface area contributed by atoms with Crippen LogP contribution >= 0.6 is 15.9 Å². The Morgan fingerprint density at radius 1 is 1.58 bits per heavy atom. The number of amides is 1. The second-order valence-electron chi connectivity index (χ2n) is 4.96. The molecule has 0 N–H and O–H groups in total. The molecular weight excluding hydrogens is 306 g/mol. The van der Waals surface area contributed by atoms with Crippen LogP contribution in [0.5, 0.6) is 0 Å². The lowest BCUT2D eigenvalue weighted by molar-refractivity contribution is 0.0748. The van der Waals surface area contributed by atoms with Gasteiger partial charge in [-0.25, -0.2) is 4.98 Å².